The fourth-order valence-electron chi connectivity index (χ4n) is 2.28. The highest BCUT2D eigenvalue weighted by atomic mass is 79.9. The van der Waals surface area contributed by atoms with E-state index in [1.165, 1.54) is 12.1 Å². The zero-order valence-electron chi connectivity index (χ0n) is 11.2. The molecule has 1 N–H and O–H groups in total. The Morgan fingerprint density at radius 3 is 2.60 bits per heavy atom. The van der Waals surface area contributed by atoms with Crippen LogP contribution in [0.15, 0.2) is 22.7 Å². The quantitative estimate of drug-likeness (QED) is 0.896. The van der Waals surface area contributed by atoms with Gasteiger partial charge in [-0.1, -0.05) is 6.07 Å². The average Bonchev–Trinajstić information content (AvgIpc) is 2.42. The maximum atomic E-state index is 13.4. The molecular formula is C14H16BrFN2O2. The number of rotatable bonds is 2. The second-order valence-corrected chi connectivity index (χ2v) is 5.65. The first-order valence-electron chi connectivity index (χ1n) is 6.49. The van der Waals surface area contributed by atoms with Crippen molar-refractivity contribution in [1.29, 1.82) is 0 Å². The molecule has 1 aromatic carbocycles. The van der Waals surface area contributed by atoms with Gasteiger partial charge in [0.05, 0.1) is 10.0 Å². The Bertz CT molecular complexity index is 528. The number of likely N-dealkylation sites (tertiary alicyclic amines) is 1. The van der Waals surface area contributed by atoms with Crippen molar-refractivity contribution < 1.29 is 14.0 Å². The van der Waals surface area contributed by atoms with Crippen LogP contribution in [0.3, 0.4) is 0 Å². The third-order valence-electron chi connectivity index (χ3n) is 3.47. The lowest BCUT2D eigenvalue weighted by atomic mass is 10.0. The van der Waals surface area contributed by atoms with Crippen LogP contribution in [-0.2, 0) is 4.79 Å². The number of nitrogens with one attached hydrogen (secondary N) is 1. The Morgan fingerprint density at radius 1 is 1.35 bits per heavy atom. The SMILES string of the molecule is CC(=O)N1CCC(NC(=O)c2cccc(F)c2Br)CC1. The van der Waals surface area contributed by atoms with Crippen molar-refractivity contribution in [3.05, 3.63) is 34.1 Å². The topological polar surface area (TPSA) is 49.4 Å². The molecule has 0 aliphatic carbocycles. The van der Waals surface area contributed by atoms with Crippen molar-refractivity contribution in [3.63, 3.8) is 0 Å². The van der Waals surface area contributed by atoms with E-state index in [0.717, 1.165) is 12.8 Å². The van der Waals surface area contributed by atoms with E-state index in [2.05, 4.69) is 21.2 Å². The van der Waals surface area contributed by atoms with Gasteiger partial charge in [0.15, 0.2) is 0 Å². The summed E-state index contributed by atoms with van der Waals surface area (Å²) < 4.78 is 13.6. The van der Waals surface area contributed by atoms with Crippen LogP contribution < -0.4 is 5.32 Å². The number of nitrogens with zero attached hydrogens (tertiary/aromatic N) is 1. The van der Waals surface area contributed by atoms with Crippen LogP contribution in [0.4, 0.5) is 4.39 Å². The monoisotopic (exact) mass is 342 g/mol. The molecule has 20 heavy (non-hydrogen) atoms. The maximum absolute atomic E-state index is 13.4. The molecule has 1 aliphatic rings. The van der Waals surface area contributed by atoms with E-state index in [-0.39, 0.29) is 22.3 Å². The van der Waals surface area contributed by atoms with Crippen molar-refractivity contribution in [3.8, 4) is 0 Å². The predicted octanol–water partition coefficient (Wildman–Crippen LogP) is 2.33. The zero-order chi connectivity index (χ0) is 14.7. The van der Waals surface area contributed by atoms with E-state index in [9.17, 15) is 14.0 Å². The second-order valence-electron chi connectivity index (χ2n) is 4.86. The molecule has 0 radical (unpaired) electrons. The standard InChI is InChI=1S/C14H16BrFN2O2/c1-9(19)18-7-5-10(6-8-18)17-14(20)11-3-2-4-12(16)13(11)15/h2-4,10H,5-8H2,1H3,(H,17,20). The van der Waals surface area contributed by atoms with Gasteiger partial charge in [0.1, 0.15) is 5.82 Å². The van der Waals surface area contributed by atoms with Gasteiger partial charge < -0.3 is 10.2 Å². The molecule has 108 valence electrons. The molecule has 1 saturated heterocycles. The summed E-state index contributed by atoms with van der Waals surface area (Å²) in [6.07, 6.45) is 1.44. The highest BCUT2D eigenvalue weighted by Gasteiger charge is 2.23. The molecule has 4 nitrogen and oxygen atoms in total. The minimum Gasteiger partial charge on any atom is -0.349 e. The molecule has 2 amide bonds. The summed E-state index contributed by atoms with van der Waals surface area (Å²) in [5.74, 6) is -0.690. The van der Waals surface area contributed by atoms with E-state index in [1.54, 1.807) is 17.9 Å². The first-order valence-corrected chi connectivity index (χ1v) is 7.28. The first kappa shape index (κ1) is 15.0. The van der Waals surface area contributed by atoms with E-state index in [0.29, 0.717) is 18.7 Å². The van der Waals surface area contributed by atoms with Crippen LogP contribution in [0.5, 0.6) is 0 Å². The Morgan fingerprint density at radius 2 is 2.00 bits per heavy atom. The molecule has 0 aromatic heterocycles. The van der Waals surface area contributed by atoms with Crippen LogP contribution >= 0.6 is 15.9 Å². The van der Waals surface area contributed by atoms with Gasteiger partial charge in [0.25, 0.3) is 5.91 Å². The number of carbonyl (C=O) groups is 2. The number of hydrogen-bond acceptors (Lipinski definition) is 2. The van der Waals surface area contributed by atoms with Crippen LogP contribution in [-0.4, -0.2) is 35.8 Å². The summed E-state index contributed by atoms with van der Waals surface area (Å²) in [5.41, 5.74) is 0.291. The average molecular weight is 343 g/mol. The number of hydrogen-bond donors (Lipinski definition) is 1. The van der Waals surface area contributed by atoms with E-state index in [4.69, 9.17) is 0 Å². The lowest BCUT2D eigenvalue weighted by Gasteiger charge is -2.31. The summed E-state index contributed by atoms with van der Waals surface area (Å²) in [6.45, 7) is 2.83. The van der Waals surface area contributed by atoms with Gasteiger partial charge in [-0.15, -0.1) is 0 Å². The molecule has 1 aliphatic heterocycles. The zero-order valence-corrected chi connectivity index (χ0v) is 12.7. The normalized spacial score (nSPS) is 16.1. The molecule has 1 aromatic rings. The molecule has 0 atom stereocenters. The van der Waals surface area contributed by atoms with Gasteiger partial charge in [-0.25, -0.2) is 4.39 Å². The number of piperidine rings is 1. The highest BCUT2D eigenvalue weighted by Crippen LogP contribution is 2.21. The summed E-state index contributed by atoms with van der Waals surface area (Å²) in [5, 5.41) is 2.89. The number of benzene rings is 1. The third-order valence-corrected chi connectivity index (χ3v) is 4.28. The van der Waals surface area contributed by atoms with E-state index in [1.807, 2.05) is 0 Å². The van der Waals surface area contributed by atoms with E-state index < -0.39 is 5.82 Å². The minimum absolute atomic E-state index is 0.0215. The molecule has 0 unspecified atom stereocenters. The molecule has 1 heterocycles. The van der Waals surface area contributed by atoms with Crippen molar-refractivity contribution in [2.24, 2.45) is 0 Å². The van der Waals surface area contributed by atoms with Gasteiger partial charge in [-0.05, 0) is 40.9 Å². The Hall–Kier alpha value is -1.43. The first-order chi connectivity index (χ1) is 9.49. The molecule has 2 rings (SSSR count). The summed E-state index contributed by atoms with van der Waals surface area (Å²) in [6, 6.07) is 4.40. The van der Waals surface area contributed by atoms with E-state index >= 15 is 0 Å². The van der Waals surface area contributed by atoms with Crippen molar-refractivity contribution in [2.45, 2.75) is 25.8 Å². The van der Waals surface area contributed by atoms with Crippen molar-refractivity contribution in [2.75, 3.05) is 13.1 Å². The minimum atomic E-state index is -0.455. The van der Waals surface area contributed by atoms with Crippen molar-refractivity contribution >= 4 is 27.7 Å². The smallest absolute Gasteiger partial charge is 0.252 e. The highest BCUT2D eigenvalue weighted by molar-refractivity contribution is 9.10. The van der Waals surface area contributed by atoms with Crippen LogP contribution in [0.25, 0.3) is 0 Å². The van der Waals surface area contributed by atoms with Gasteiger partial charge >= 0.3 is 0 Å². The van der Waals surface area contributed by atoms with Gasteiger partial charge in [0, 0.05) is 26.1 Å². The summed E-state index contributed by atoms with van der Waals surface area (Å²) >= 11 is 3.09. The Kier molecular flexibility index (Phi) is 4.75. The van der Waals surface area contributed by atoms with Crippen LogP contribution in [0, 0.1) is 5.82 Å². The predicted molar refractivity (Wildman–Crippen MR) is 76.8 cm³/mol. The number of carbonyl (C=O) groups excluding carboxylic acids is 2. The summed E-state index contributed by atoms with van der Waals surface area (Å²) in [7, 11) is 0. The molecule has 0 spiro atoms. The lowest BCUT2D eigenvalue weighted by Crippen LogP contribution is -2.46. The lowest BCUT2D eigenvalue weighted by molar-refractivity contribution is -0.129. The molecule has 1 fully saturated rings. The maximum Gasteiger partial charge on any atom is 0.252 e. The van der Waals surface area contributed by atoms with Gasteiger partial charge in [-0.3, -0.25) is 9.59 Å². The Balaban J connectivity index is 1.96. The molecule has 0 saturated carbocycles. The Labute approximate surface area is 125 Å². The van der Waals surface area contributed by atoms with Gasteiger partial charge in [0.2, 0.25) is 5.91 Å². The summed E-state index contributed by atoms with van der Waals surface area (Å²) in [4.78, 5) is 25.1. The molecular weight excluding hydrogens is 327 g/mol. The van der Waals surface area contributed by atoms with Crippen LogP contribution in [0.1, 0.15) is 30.1 Å². The fraction of sp³-hybridized carbons (Fsp3) is 0.429. The molecule has 0 bridgehead atoms. The molecule has 6 heteroatoms. The third kappa shape index (κ3) is 3.36. The van der Waals surface area contributed by atoms with Crippen molar-refractivity contribution in [1.82, 2.24) is 10.2 Å². The fourth-order valence-corrected chi connectivity index (χ4v) is 2.73. The number of halogens is 2. The number of amides is 2. The van der Waals surface area contributed by atoms with Crippen LogP contribution in [0.2, 0.25) is 0 Å². The largest absolute Gasteiger partial charge is 0.349 e. The second kappa shape index (κ2) is 6.35. The van der Waals surface area contributed by atoms with Gasteiger partial charge in [-0.2, -0.15) is 0 Å².